The van der Waals surface area contributed by atoms with Gasteiger partial charge in [-0.15, -0.1) is 0 Å². The van der Waals surface area contributed by atoms with E-state index in [1.165, 1.54) is 0 Å². The first-order chi connectivity index (χ1) is 9.58. The summed E-state index contributed by atoms with van der Waals surface area (Å²) in [5.41, 5.74) is 5.26. The topological polar surface area (TPSA) is 74.0 Å². The van der Waals surface area contributed by atoms with Gasteiger partial charge in [-0.3, -0.25) is 20.4 Å². The number of halogens is 1. The lowest BCUT2D eigenvalue weighted by molar-refractivity contribution is 0.0846. The van der Waals surface area contributed by atoms with Crippen LogP contribution in [0, 0.1) is 4.64 Å². The van der Waals surface area contributed by atoms with E-state index in [0.29, 0.717) is 15.2 Å². The lowest BCUT2D eigenvalue weighted by atomic mass is 10.2. The van der Waals surface area contributed by atoms with E-state index < -0.39 is 11.8 Å². The van der Waals surface area contributed by atoms with Crippen LogP contribution in [0.3, 0.4) is 0 Å². The van der Waals surface area contributed by atoms with E-state index in [-0.39, 0.29) is 5.56 Å². The molecule has 0 aliphatic rings. The average Bonchev–Trinajstić information content (AvgIpc) is 2.45. The molecule has 5 nitrogen and oxygen atoms in total. The summed E-state index contributed by atoms with van der Waals surface area (Å²) in [6.45, 7) is 0. The molecule has 0 spiro atoms. The van der Waals surface area contributed by atoms with Gasteiger partial charge in [-0.05, 0) is 36.4 Å². The number of hydrogen-bond acceptors (Lipinski definition) is 3. The maximum atomic E-state index is 11.8. The van der Waals surface area contributed by atoms with Crippen LogP contribution in [0.5, 0.6) is 0 Å². The van der Waals surface area contributed by atoms with Gasteiger partial charge in [0.15, 0.2) is 0 Å². The van der Waals surface area contributed by atoms with Gasteiger partial charge >= 0.3 is 0 Å². The SMILES string of the molecule is O=C(NNC(=O)c1ccc[nH]c1=S)c1ccc(Cl)cc1. The minimum atomic E-state index is -0.492. The van der Waals surface area contributed by atoms with Crippen molar-refractivity contribution >= 4 is 35.6 Å². The Balaban J connectivity index is 2.00. The Hall–Kier alpha value is -2.18. The largest absolute Gasteiger partial charge is 0.352 e. The van der Waals surface area contributed by atoms with Gasteiger partial charge in [0, 0.05) is 16.8 Å². The van der Waals surface area contributed by atoms with Crippen molar-refractivity contribution in [3.63, 3.8) is 0 Å². The Labute approximate surface area is 124 Å². The standard InChI is InChI=1S/C13H10ClN3O2S/c14-9-5-3-8(4-6-9)11(18)16-17-12(19)10-2-1-7-15-13(10)20/h1-7H,(H,15,20)(H,16,18)(H,17,19). The first kappa shape index (κ1) is 14.2. The minimum Gasteiger partial charge on any atom is -0.352 e. The van der Waals surface area contributed by atoms with Crippen molar-refractivity contribution in [3.8, 4) is 0 Å². The second-order valence-corrected chi connectivity index (χ2v) is 4.67. The Morgan fingerprint density at radius 1 is 1.05 bits per heavy atom. The number of pyridine rings is 1. The first-order valence-electron chi connectivity index (χ1n) is 5.62. The maximum absolute atomic E-state index is 11.8. The molecule has 1 aromatic carbocycles. The quantitative estimate of drug-likeness (QED) is 0.589. The zero-order valence-electron chi connectivity index (χ0n) is 10.1. The fourth-order valence-corrected chi connectivity index (χ4v) is 1.81. The number of benzene rings is 1. The number of rotatable bonds is 2. The van der Waals surface area contributed by atoms with Crippen molar-refractivity contribution in [1.29, 1.82) is 0 Å². The Morgan fingerprint density at radius 3 is 2.35 bits per heavy atom. The molecule has 0 saturated carbocycles. The number of amides is 2. The summed E-state index contributed by atoms with van der Waals surface area (Å²) in [5.74, 6) is -0.935. The number of nitrogens with one attached hydrogen (secondary N) is 3. The summed E-state index contributed by atoms with van der Waals surface area (Å²) >= 11 is 10.7. The molecular weight excluding hydrogens is 298 g/mol. The number of carbonyl (C=O) groups excluding carboxylic acids is 2. The van der Waals surface area contributed by atoms with Gasteiger partial charge in [-0.1, -0.05) is 23.8 Å². The van der Waals surface area contributed by atoms with Crippen LogP contribution >= 0.6 is 23.8 Å². The van der Waals surface area contributed by atoms with Crippen molar-refractivity contribution in [2.24, 2.45) is 0 Å². The summed E-state index contributed by atoms with van der Waals surface area (Å²) < 4.78 is 0.297. The molecule has 0 radical (unpaired) electrons. The molecule has 0 unspecified atom stereocenters. The lowest BCUT2D eigenvalue weighted by Crippen LogP contribution is -2.41. The summed E-state index contributed by atoms with van der Waals surface area (Å²) in [6, 6.07) is 9.49. The van der Waals surface area contributed by atoms with Crippen LogP contribution in [0.2, 0.25) is 5.02 Å². The highest BCUT2D eigenvalue weighted by Crippen LogP contribution is 2.09. The van der Waals surface area contributed by atoms with Crippen LogP contribution in [0.1, 0.15) is 20.7 Å². The van der Waals surface area contributed by atoms with Crippen molar-refractivity contribution in [2.45, 2.75) is 0 Å². The van der Waals surface area contributed by atoms with E-state index in [4.69, 9.17) is 23.8 Å². The van der Waals surface area contributed by atoms with E-state index in [9.17, 15) is 9.59 Å². The molecule has 7 heteroatoms. The second kappa shape index (κ2) is 6.31. The number of aromatic amines is 1. The highest BCUT2D eigenvalue weighted by Gasteiger charge is 2.10. The molecule has 3 N–H and O–H groups in total. The first-order valence-corrected chi connectivity index (χ1v) is 6.40. The van der Waals surface area contributed by atoms with Crippen LogP contribution in [0.4, 0.5) is 0 Å². The zero-order chi connectivity index (χ0) is 14.5. The third-order valence-corrected chi connectivity index (χ3v) is 3.05. The molecular formula is C13H10ClN3O2S. The van der Waals surface area contributed by atoms with Crippen molar-refractivity contribution in [3.05, 3.63) is 63.4 Å². The van der Waals surface area contributed by atoms with Gasteiger partial charge in [0.2, 0.25) is 0 Å². The van der Waals surface area contributed by atoms with Gasteiger partial charge in [-0.2, -0.15) is 0 Å². The molecule has 2 rings (SSSR count). The molecule has 0 aliphatic carbocycles. The van der Waals surface area contributed by atoms with Crippen LogP contribution in [-0.4, -0.2) is 16.8 Å². The molecule has 2 amide bonds. The lowest BCUT2D eigenvalue weighted by Gasteiger charge is -2.07. The molecule has 2 aromatic rings. The van der Waals surface area contributed by atoms with E-state index in [1.807, 2.05) is 0 Å². The van der Waals surface area contributed by atoms with Crippen LogP contribution in [-0.2, 0) is 0 Å². The van der Waals surface area contributed by atoms with Gasteiger partial charge in [0.05, 0.1) is 5.56 Å². The molecule has 0 aliphatic heterocycles. The second-order valence-electron chi connectivity index (χ2n) is 3.83. The number of aromatic nitrogens is 1. The summed E-state index contributed by atoms with van der Waals surface area (Å²) in [5, 5.41) is 0.529. The predicted octanol–water partition coefficient (Wildman–Crippen LogP) is 2.47. The van der Waals surface area contributed by atoms with Gasteiger partial charge in [0.25, 0.3) is 11.8 Å². The highest BCUT2D eigenvalue weighted by atomic mass is 35.5. The average molecular weight is 308 g/mol. The third-order valence-electron chi connectivity index (χ3n) is 2.46. The zero-order valence-corrected chi connectivity index (χ0v) is 11.7. The molecule has 1 aromatic heterocycles. The van der Waals surface area contributed by atoms with Crippen molar-refractivity contribution in [2.75, 3.05) is 0 Å². The highest BCUT2D eigenvalue weighted by molar-refractivity contribution is 7.71. The number of carbonyl (C=O) groups is 2. The minimum absolute atomic E-state index is 0.277. The van der Waals surface area contributed by atoms with Crippen molar-refractivity contribution in [1.82, 2.24) is 15.8 Å². The molecule has 102 valence electrons. The smallest absolute Gasteiger partial charge is 0.272 e. The molecule has 0 saturated heterocycles. The summed E-state index contributed by atoms with van der Waals surface area (Å²) in [6.07, 6.45) is 1.62. The maximum Gasteiger partial charge on any atom is 0.272 e. The predicted molar refractivity (Wildman–Crippen MR) is 78.0 cm³/mol. The van der Waals surface area contributed by atoms with Crippen LogP contribution in [0.15, 0.2) is 42.6 Å². The Kier molecular flexibility index (Phi) is 4.49. The van der Waals surface area contributed by atoms with E-state index in [1.54, 1.807) is 42.6 Å². The fraction of sp³-hybridized carbons (Fsp3) is 0. The van der Waals surface area contributed by atoms with Crippen molar-refractivity contribution < 1.29 is 9.59 Å². The molecule has 0 bridgehead atoms. The molecule has 1 heterocycles. The van der Waals surface area contributed by atoms with E-state index in [2.05, 4.69) is 15.8 Å². The summed E-state index contributed by atoms with van der Waals surface area (Å²) in [7, 11) is 0. The van der Waals surface area contributed by atoms with Gasteiger partial charge in [-0.25, -0.2) is 0 Å². The number of hydrazine groups is 1. The fourth-order valence-electron chi connectivity index (χ4n) is 1.45. The molecule has 0 atom stereocenters. The van der Waals surface area contributed by atoms with Gasteiger partial charge in [0.1, 0.15) is 4.64 Å². The Morgan fingerprint density at radius 2 is 1.70 bits per heavy atom. The number of H-pyrrole nitrogens is 1. The third kappa shape index (κ3) is 3.43. The van der Waals surface area contributed by atoms with E-state index in [0.717, 1.165) is 0 Å². The van der Waals surface area contributed by atoms with Gasteiger partial charge < -0.3 is 4.98 Å². The summed E-state index contributed by atoms with van der Waals surface area (Å²) in [4.78, 5) is 26.3. The normalized spacial score (nSPS) is 9.85. The monoisotopic (exact) mass is 307 g/mol. The van der Waals surface area contributed by atoms with Crippen LogP contribution < -0.4 is 10.9 Å². The van der Waals surface area contributed by atoms with E-state index >= 15 is 0 Å². The Bertz CT molecular complexity index is 697. The molecule has 0 fully saturated rings. The molecule has 20 heavy (non-hydrogen) atoms. The van der Waals surface area contributed by atoms with Crippen LogP contribution in [0.25, 0.3) is 0 Å². The number of hydrogen-bond donors (Lipinski definition) is 3.